The molecule has 0 bridgehead atoms. The van der Waals surface area contributed by atoms with Gasteiger partial charge in [0.2, 0.25) is 0 Å². The highest BCUT2D eigenvalue weighted by molar-refractivity contribution is 7.86. The number of nitrogens with zero attached hydrogens (tertiary/aromatic N) is 4. The van der Waals surface area contributed by atoms with Crippen LogP contribution in [0.5, 0.6) is 11.5 Å². The summed E-state index contributed by atoms with van der Waals surface area (Å²) >= 11 is 0. The Kier molecular flexibility index (Phi) is 8.44. The molecule has 4 N–H and O–H groups in total. The van der Waals surface area contributed by atoms with Crippen LogP contribution in [0.4, 0.5) is 22.7 Å². The van der Waals surface area contributed by atoms with Crippen LogP contribution in [0.25, 0.3) is 21.5 Å². The van der Waals surface area contributed by atoms with E-state index in [1.165, 1.54) is 36.4 Å². The zero-order valence-corrected chi connectivity index (χ0v) is 26.1. The molecule has 238 valence electrons. The largest absolute Gasteiger partial charge is 0.506 e. The van der Waals surface area contributed by atoms with Gasteiger partial charge in [-0.15, -0.1) is 10.2 Å². The van der Waals surface area contributed by atoms with Crippen LogP contribution in [0, 0.1) is 11.8 Å². The van der Waals surface area contributed by atoms with Crippen LogP contribution in [0.15, 0.2) is 139 Å². The van der Waals surface area contributed by atoms with E-state index in [1.807, 2.05) is 24.3 Å². The van der Waals surface area contributed by atoms with E-state index in [0.717, 1.165) is 22.9 Å². The van der Waals surface area contributed by atoms with Crippen molar-refractivity contribution in [2.75, 3.05) is 0 Å². The summed E-state index contributed by atoms with van der Waals surface area (Å²) < 4.78 is 69.0. The summed E-state index contributed by atoms with van der Waals surface area (Å²) in [4.78, 5) is -1.27. The van der Waals surface area contributed by atoms with Crippen molar-refractivity contribution in [1.82, 2.24) is 0 Å². The van der Waals surface area contributed by atoms with Gasteiger partial charge in [0.05, 0.1) is 11.4 Å². The van der Waals surface area contributed by atoms with Crippen molar-refractivity contribution in [3.63, 3.8) is 0 Å². The van der Waals surface area contributed by atoms with Crippen LogP contribution < -0.4 is 0 Å². The third-order valence-electron chi connectivity index (χ3n) is 7.11. The summed E-state index contributed by atoms with van der Waals surface area (Å²) in [5.74, 6) is 4.75. The molecule has 0 saturated carbocycles. The lowest BCUT2D eigenvalue weighted by atomic mass is 10.1. The predicted molar refractivity (Wildman–Crippen MR) is 178 cm³/mol. The predicted octanol–water partition coefficient (Wildman–Crippen LogP) is 8.13. The zero-order valence-electron chi connectivity index (χ0n) is 24.4. The standard InChI is InChI=1S/C34H22N4O8S2/c39-29-17-13-21-5-1-3-7-27(21)33(29)37-35-25-15-11-23(31(19-25)47(41,42)43)9-10-24-12-16-26(20-32(24)48(44,45)46)36-38-34-28-8-4-2-6-22(28)14-18-30(34)40/h1-8,11-20,39-40H,(H,41,42,43)(H,44,45,46). The lowest BCUT2D eigenvalue weighted by molar-refractivity contribution is 0.476. The summed E-state index contributed by atoms with van der Waals surface area (Å²) in [5.41, 5.74) is -0.0981. The second-order valence-corrected chi connectivity index (χ2v) is 13.0. The number of azo groups is 2. The SMILES string of the molecule is O=S(=O)(O)c1cc(N=Nc2c(O)ccc3ccccc23)ccc1C#Cc1ccc(N=Nc2c(O)ccc3ccccc23)cc1S(=O)(=O)O. The van der Waals surface area contributed by atoms with Gasteiger partial charge < -0.3 is 10.2 Å². The van der Waals surface area contributed by atoms with Gasteiger partial charge in [-0.1, -0.05) is 72.5 Å². The summed E-state index contributed by atoms with van der Waals surface area (Å²) in [6.45, 7) is 0. The second-order valence-electron chi connectivity index (χ2n) is 10.3. The van der Waals surface area contributed by atoms with E-state index in [9.17, 15) is 36.2 Å². The molecule has 0 atom stereocenters. The van der Waals surface area contributed by atoms with E-state index in [4.69, 9.17) is 0 Å². The maximum Gasteiger partial charge on any atom is 0.295 e. The Balaban J connectivity index is 1.35. The van der Waals surface area contributed by atoms with Gasteiger partial charge in [0.25, 0.3) is 20.2 Å². The number of benzene rings is 6. The Morgan fingerprint density at radius 1 is 0.479 bits per heavy atom. The van der Waals surface area contributed by atoms with Gasteiger partial charge >= 0.3 is 0 Å². The van der Waals surface area contributed by atoms with E-state index in [0.29, 0.717) is 10.8 Å². The lowest BCUT2D eigenvalue weighted by Crippen LogP contribution is -2.02. The molecule has 0 aromatic heterocycles. The average Bonchev–Trinajstić information content (AvgIpc) is 3.06. The van der Waals surface area contributed by atoms with Crippen LogP contribution in [-0.4, -0.2) is 36.2 Å². The van der Waals surface area contributed by atoms with Gasteiger partial charge in [0, 0.05) is 21.9 Å². The Labute approximate surface area is 273 Å². The smallest absolute Gasteiger partial charge is 0.295 e. The third kappa shape index (κ3) is 6.75. The summed E-state index contributed by atoms with van der Waals surface area (Å²) in [6, 6.07) is 27.8. The van der Waals surface area contributed by atoms with Crippen molar-refractivity contribution in [2.45, 2.75) is 9.79 Å². The first-order valence-electron chi connectivity index (χ1n) is 13.9. The Hall–Kier alpha value is -5.98. The molecule has 6 rings (SSSR count). The van der Waals surface area contributed by atoms with E-state index >= 15 is 0 Å². The fourth-order valence-corrected chi connectivity index (χ4v) is 6.16. The molecule has 0 aliphatic rings. The second kappa shape index (κ2) is 12.7. The first-order chi connectivity index (χ1) is 22.9. The minimum Gasteiger partial charge on any atom is -0.506 e. The molecule has 6 aromatic carbocycles. The van der Waals surface area contributed by atoms with E-state index < -0.39 is 30.0 Å². The Morgan fingerprint density at radius 3 is 1.27 bits per heavy atom. The fraction of sp³-hybridized carbons (Fsp3) is 0. The molecule has 14 heteroatoms. The summed E-state index contributed by atoms with van der Waals surface area (Å²) in [6.07, 6.45) is 0. The number of phenolic OH excluding ortho intramolecular Hbond substituents is 2. The van der Waals surface area contributed by atoms with Crippen molar-refractivity contribution in [2.24, 2.45) is 20.5 Å². The van der Waals surface area contributed by atoms with Crippen molar-refractivity contribution >= 4 is 64.5 Å². The first kappa shape index (κ1) is 32.0. The van der Waals surface area contributed by atoms with E-state index in [2.05, 4.69) is 32.3 Å². The quantitative estimate of drug-likeness (QED) is 0.0768. The molecule has 6 aromatic rings. The molecule has 0 saturated heterocycles. The molecule has 0 heterocycles. The molecule has 0 fully saturated rings. The van der Waals surface area contributed by atoms with Crippen molar-refractivity contribution in [3.05, 3.63) is 120 Å². The van der Waals surface area contributed by atoms with Crippen LogP contribution in [0.3, 0.4) is 0 Å². The van der Waals surface area contributed by atoms with Gasteiger partial charge in [-0.05, 0) is 59.3 Å². The average molecular weight is 679 g/mol. The number of fused-ring (bicyclic) bond motifs is 2. The highest BCUT2D eigenvalue weighted by atomic mass is 32.2. The van der Waals surface area contributed by atoms with Crippen molar-refractivity contribution in [1.29, 1.82) is 0 Å². The van der Waals surface area contributed by atoms with Gasteiger partial charge in [0.15, 0.2) is 0 Å². The topological polar surface area (TPSA) is 199 Å². The van der Waals surface area contributed by atoms with Crippen LogP contribution >= 0.6 is 0 Å². The van der Waals surface area contributed by atoms with Gasteiger partial charge in [-0.3, -0.25) is 9.11 Å². The zero-order chi connectivity index (χ0) is 34.1. The fourth-order valence-electron chi connectivity index (χ4n) is 4.83. The maximum absolute atomic E-state index is 12.3. The third-order valence-corrected chi connectivity index (χ3v) is 8.89. The molecule has 0 spiro atoms. The van der Waals surface area contributed by atoms with E-state index in [1.54, 1.807) is 36.4 Å². The lowest BCUT2D eigenvalue weighted by Gasteiger charge is -2.05. The number of aromatic hydroxyl groups is 2. The minimum absolute atomic E-state index is 0.00563. The molecule has 0 amide bonds. The molecular weight excluding hydrogens is 657 g/mol. The number of hydrogen-bond donors (Lipinski definition) is 4. The van der Waals surface area contributed by atoms with Crippen LogP contribution in [0.1, 0.15) is 11.1 Å². The van der Waals surface area contributed by atoms with Crippen LogP contribution in [-0.2, 0) is 20.2 Å². The van der Waals surface area contributed by atoms with Gasteiger partial charge in [-0.2, -0.15) is 27.1 Å². The first-order valence-corrected chi connectivity index (χ1v) is 16.8. The van der Waals surface area contributed by atoms with Crippen molar-refractivity contribution < 1.29 is 36.2 Å². The van der Waals surface area contributed by atoms with Gasteiger partial charge in [-0.25, -0.2) is 0 Å². The van der Waals surface area contributed by atoms with Crippen LogP contribution in [0.2, 0.25) is 0 Å². The molecule has 0 aliphatic heterocycles. The van der Waals surface area contributed by atoms with E-state index in [-0.39, 0.29) is 45.4 Å². The monoisotopic (exact) mass is 678 g/mol. The normalized spacial score (nSPS) is 12.1. The molecule has 12 nitrogen and oxygen atoms in total. The molecule has 0 aliphatic carbocycles. The molecule has 0 unspecified atom stereocenters. The minimum atomic E-state index is -4.85. The maximum atomic E-state index is 12.3. The summed E-state index contributed by atoms with van der Waals surface area (Å²) in [7, 11) is -9.71. The number of rotatable bonds is 6. The number of hydrogen-bond acceptors (Lipinski definition) is 10. The molecular formula is C34H22N4O8S2. The Bertz CT molecular complexity index is 2430. The van der Waals surface area contributed by atoms with Gasteiger partial charge in [0.1, 0.15) is 32.7 Å². The Morgan fingerprint density at radius 2 is 0.875 bits per heavy atom. The highest BCUT2D eigenvalue weighted by Crippen LogP contribution is 2.37. The summed E-state index contributed by atoms with van der Waals surface area (Å²) in [5, 5.41) is 39.7. The molecule has 48 heavy (non-hydrogen) atoms. The highest BCUT2D eigenvalue weighted by Gasteiger charge is 2.18. The number of phenols is 2. The van der Waals surface area contributed by atoms with Crippen molar-refractivity contribution in [3.8, 4) is 23.3 Å². The molecule has 0 radical (unpaired) electrons.